The molecule has 5 heteroatoms. The summed E-state index contributed by atoms with van der Waals surface area (Å²) >= 11 is 0. The van der Waals surface area contributed by atoms with Gasteiger partial charge in [0.15, 0.2) is 11.6 Å². The van der Waals surface area contributed by atoms with Crippen molar-refractivity contribution in [1.82, 2.24) is 9.97 Å². The first-order chi connectivity index (χ1) is 6.40. The van der Waals surface area contributed by atoms with E-state index in [2.05, 4.69) is 15.3 Å². The zero-order valence-corrected chi connectivity index (χ0v) is 7.36. The molecule has 0 amide bonds. The quantitative estimate of drug-likeness (QED) is 0.711. The zero-order chi connectivity index (χ0) is 9.10. The van der Waals surface area contributed by atoms with E-state index in [-0.39, 0.29) is 6.04 Å². The monoisotopic (exact) mass is 181 g/mol. The van der Waals surface area contributed by atoms with Gasteiger partial charge in [0.05, 0.1) is 18.8 Å². The highest BCUT2D eigenvalue weighted by Gasteiger charge is 2.19. The summed E-state index contributed by atoms with van der Waals surface area (Å²) < 4.78 is 10.4. The van der Waals surface area contributed by atoms with Crippen molar-refractivity contribution in [3.8, 4) is 5.75 Å². The van der Waals surface area contributed by atoms with Gasteiger partial charge in [0.2, 0.25) is 0 Å². The van der Waals surface area contributed by atoms with Crippen molar-refractivity contribution in [2.24, 2.45) is 0 Å². The third-order valence-electron chi connectivity index (χ3n) is 1.83. The minimum atomic E-state index is 0.174. The Hall–Kier alpha value is -1.36. The van der Waals surface area contributed by atoms with Crippen LogP contribution in [0.2, 0.25) is 0 Å². The molecular formula is C8H11N3O2. The highest BCUT2D eigenvalue weighted by molar-refractivity contribution is 5.50. The van der Waals surface area contributed by atoms with Gasteiger partial charge in [-0.15, -0.1) is 0 Å². The average Bonchev–Trinajstić information content (AvgIpc) is 2.18. The maximum Gasteiger partial charge on any atom is 0.179 e. The predicted octanol–water partition coefficient (Wildman–Crippen LogP) is 0.296. The molecule has 0 saturated heterocycles. The van der Waals surface area contributed by atoms with Crippen LogP contribution in [0.4, 0.5) is 5.82 Å². The van der Waals surface area contributed by atoms with E-state index >= 15 is 0 Å². The second-order valence-corrected chi connectivity index (χ2v) is 2.84. The van der Waals surface area contributed by atoms with Gasteiger partial charge in [-0.3, -0.25) is 0 Å². The number of methoxy groups -OCH3 is 1. The Morgan fingerprint density at radius 1 is 1.77 bits per heavy atom. The number of anilines is 1. The van der Waals surface area contributed by atoms with E-state index in [1.165, 1.54) is 6.33 Å². The van der Waals surface area contributed by atoms with Gasteiger partial charge in [-0.05, 0) is 0 Å². The number of rotatable bonds is 2. The van der Waals surface area contributed by atoms with Crippen molar-refractivity contribution in [2.45, 2.75) is 6.04 Å². The Bertz CT molecular complexity index is 292. The minimum absolute atomic E-state index is 0.174. The molecule has 0 fully saturated rings. The predicted molar refractivity (Wildman–Crippen MR) is 46.8 cm³/mol. The van der Waals surface area contributed by atoms with Crippen molar-refractivity contribution in [1.29, 1.82) is 0 Å². The van der Waals surface area contributed by atoms with Crippen molar-refractivity contribution in [3.63, 3.8) is 0 Å². The van der Waals surface area contributed by atoms with Crippen LogP contribution in [0.15, 0.2) is 12.5 Å². The summed E-state index contributed by atoms with van der Waals surface area (Å²) in [7, 11) is 1.66. The zero-order valence-electron chi connectivity index (χ0n) is 7.36. The van der Waals surface area contributed by atoms with Crippen LogP contribution in [-0.2, 0) is 4.74 Å². The molecule has 1 N–H and O–H groups in total. The van der Waals surface area contributed by atoms with E-state index in [9.17, 15) is 0 Å². The summed E-state index contributed by atoms with van der Waals surface area (Å²) in [5.74, 6) is 1.44. The molecule has 1 aliphatic rings. The van der Waals surface area contributed by atoms with E-state index in [0.29, 0.717) is 19.0 Å². The molecule has 0 bridgehead atoms. The van der Waals surface area contributed by atoms with Crippen molar-refractivity contribution in [3.05, 3.63) is 12.5 Å². The lowest BCUT2D eigenvalue weighted by Gasteiger charge is -2.25. The fraction of sp³-hybridized carbons (Fsp3) is 0.500. The molecule has 2 heterocycles. The fourth-order valence-corrected chi connectivity index (χ4v) is 1.25. The van der Waals surface area contributed by atoms with E-state index in [0.717, 1.165) is 5.82 Å². The van der Waals surface area contributed by atoms with Gasteiger partial charge < -0.3 is 14.8 Å². The smallest absolute Gasteiger partial charge is 0.179 e. The van der Waals surface area contributed by atoms with Gasteiger partial charge in [0.1, 0.15) is 12.9 Å². The molecule has 1 atom stereocenters. The summed E-state index contributed by atoms with van der Waals surface area (Å²) in [6, 6.07) is 0.174. The highest BCUT2D eigenvalue weighted by Crippen LogP contribution is 2.24. The Kier molecular flexibility index (Phi) is 2.27. The summed E-state index contributed by atoms with van der Waals surface area (Å²) in [5, 5.41) is 3.20. The number of nitrogens with one attached hydrogen (secondary N) is 1. The summed E-state index contributed by atoms with van der Waals surface area (Å²) in [6.07, 6.45) is 3.14. The summed E-state index contributed by atoms with van der Waals surface area (Å²) in [6.45, 7) is 1.21. The lowest BCUT2D eigenvalue weighted by Crippen LogP contribution is -2.35. The molecule has 0 spiro atoms. The molecular weight excluding hydrogens is 170 g/mol. The van der Waals surface area contributed by atoms with Gasteiger partial charge in [0.25, 0.3) is 0 Å². The van der Waals surface area contributed by atoms with Gasteiger partial charge >= 0.3 is 0 Å². The average molecular weight is 181 g/mol. The molecule has 0 aliphatic carbocycles. The largest absolute Gasteiger partial charge is 0.486 e. The van der Waals surface area contributed by atoms with Gasteiger partial charge in [-0.25, -0.2) is 9.97 Å². The normalized spacial score (nSPS) is 19.9. The number of hydrogen-bond acceptors (Lipinski definition) is 5. The van der Waals surface area contributed by atoms with Crippen LogP contribution in [0.1, 0.15) is 0 Å². The minimum Gasteiger partial charge on any atom is -0.486 e. The molecule has 13 heavy (non-hydrogen) atoms. The van der Waals surface area contributed by atoms with Crippen molar-refractivity contribution >= 4 is 5.82 Å². The molecule has 1 unspecified atom stereocenters. The third kappa shape index (κ3) is 1.70. The number of fused-ring (bicyclic) bond motifs is 1. The van der Waals surface area contributed by atoms with Crippen LogP contribution in [0.3, 0.4) is 0 Å². The van der Waals surface area contributed by atoms with Crippen molar-refractivity contribution < 1.29 is 9.47 Å². The number of nitrogens with zero attached hydrogens (tertiary/aromatic N) is 2. The Morgan fingerprint density at radius 3 is 3.54 bits per heavy atom. The molecule has 5 nitrogen and oxygen atoms in total. The maximum atomic E-state index is 5.42. The molecule has 2 rings (SSSR count). The second-order valence-electron chi connectivity index (χ2n) is 2.84. The van der Waals surface area contributed by atoms with E-state index in [1.807, 2.05) is 0 Å². The molecule has 70 valence electrons. The first-order valence-electron chi connectivity index (χ1n) is 4.08. The van der Waals surface area contributed by atoms with Crippen LogP contribution in [0.5, 0.6) is 5.75 Å². The summed E-state index contributed by atoms with van der Waals surface area (Å²) in [5.41, 5.74) is 0. The fourth-order valence-electron chi connectivity index (χ4n) is 1.25. The number of hydrogen-bond donors (Lipinski definition) is 1. The lowest BCUT2D eigenvalue weighted by molar-refractivity contribution is 0.154. The topological polar surface area (TPSA) is 56.3 Å². The van der Waals surface area contributed by atoms with Crippen LogP contribution in [-0.4, -0.2) is 36.3 Å². The Morgan fingerprint density at radius 2 is 2.69 bits per heavy atom. The lowest BCUT2D eigenvalue weighted by atomic mass is 10.3. The van der Waals surface area contributed by atoms with Crippen LogP contribution in [0.25, 0.3) is 0 Å². The van der Waals surface area contributed by atoms with Crippen LogP contribution < -0.4 is 10.1 Å². The first-order valence-corrected chi connectivity index (χ1v) is 4.08. The number of aromatic nitrogens is 2. The molecule has 1 aromatic rings. The third-order valence-corrected chi connectivity index (χ3v) is 1.83. The Labute approximate surface area is 76.1 Å². The molecule has 1 aromatic heterocycles. The number of ether oxygens (including phenoxy) is 2. The molecule has 0 aromatic carbocycles. The van der Waals surface area contributed by atoms with E-state index in [1.54, 1.807) is 13.3 Å². The van der Waals surface area contributed by atoms with Gasteiger partial charge in [-0.1, -0.05) is 0 Å². The SMILES string of the molecule is COCC1COc2cncnc2N1. The molecule has 0 radical (unpaired) electrons. The van der Waals surface area contributed by atoms with Gasteiger partial charge in [-0.2, -0.15) is 0 Å². The maximum absolute atomic E-state index is 5.42. The van der Waals surface area contributed by atoms with Gasteiger partial charge in [0, 0.05) is 7.11 Å². The Balaban J connectivity index is 2.11. The second kappa shape index (κ2) is 3.57. The van der Waals surface area contributed by atoms with Crippen LogP contribution >= 0.6 is 0 Å². The molecule has 1 aliphatic heterocycles. The summed E-state index contributed by atoms with van der Waals surface area (Å²) in [4.78, 5) is 7.91. The highest BCUT2D eigenvalue weighted by atomic mass is 16.5. The first kappa shape index (κ1) is 8.25. The van der Waals surface area contributed by atoms with Crippen LogP contribution in [0, 0.1) is 0 Å². The van der Waals surface area contributed by atoms with E-state index < -0.39 is 0 Å². The standard InChI is InChI=1S/C8H11N3O2/c1-12-3-6-4-13-7-2-9-5-10-8(7)11-6/h2,5-6H,3-4H2,1H3,(H,9,10,11). The van der Waals surface area contributed by atoms with E-state index in [4.69, 9.17) is 9.47 Å². The molecule has 0 saturated carbocycles. The van der Waals surface area contributed by atoms with Crippen molar-refractivity contribution in [2.75, 3.05) is 25.6 Å².